The maximum absolute atomic E-state index is 12.0. The van der Waals surface area contributed by atoms with Gasteiger partial charge in [-0.2, -0.15) is 0 Å². The third-order valence-electron chi connectivity index (χ3n) is 5.23. The molecule has 1 aliphatic rings. The zero-order valence-corrected chi connectivity index (χ0v) is 19.5. The number of nitrogens with zero attached hydrogens (tertiary/aromatic N) is 1. The van der Waals surface area contributed by atoms with Crippen LogP contribution < -0.4 is 25.0 Å². The summed E-state index contributed by atoms with van der Waals surface area (Å²) in [4.78, 5) is 13.9. The fourth-order valence-corrected chi connectivity index (χ4v) is 4.02. The van der Waals surface area contributed by atoms with Gasteiger partial charge in [0, 0.05) is 24.3 Å². The zero-order chi connectivity index (χ0) is 22.4. The summed E-state index contributed by atoms with van der Waals surface area (Å²) in [5.74, 6) is 1.67. The van der Waals surface area contributed by atoms with E-state index in [1.807, 2.05) is 69.0 Å². The Bertz CT molecular complexity index is 948. The van der Waals surface area contributed by atoms with Crippen LogP contribution in [0.3, 0.4) is 0 Å². The number of carbonyl (C=O) groups excluding carboxylic acids is 1. The molecule has 0 bridgehead atoms. The molecule has 1 heterocycles. The summed E-state index contributed by atoms with van der Waals surface area (Å²) in [7, 11) is 0. The molecule has 6 nitrogen and oxygen atoms in total. The number of carbonyl (C=O) groups is 1. The zero-order valence-electron chi connectivity index (χ0n) is 18.7. The van der Waals surface area contributed by atoms with Crippen LogP contribution in [0.5, 0.6) is 11.5 Å². The third-order valence-corrected chi connectivity index (χ3v) is 5.45. The van der Waals surface area contributed by atoms with E-state index in [2.05, 4.69) is 10.6 Å². The largest absolute Gasteiger partial charge is 0.490 e. The van der Waals surface area contributed by atoms with Gasteiger partial charge < -0.3 is 25.0 Å². The van der Waals surface area contributed by atoms with E-state index in [-0.39, 0.29) is 11.9 Å². The van der Waals surface area contributed by atoms with E-state index in [4.69, 9.17) is 21.7 Å². The molecule has 2 aromatic rings. The Morgan fingerprint density at radius 1 is 1.13 bits per heavy atom. The molecule has 1 atom stereocenters. The van der Waals surface area contributed by atoms with Crippen LogP contribution >= 0.6 is 12.2 Å². The van der Waals surface area contributed by atoms with E-state index in [9.17, 15) is 4.79 Å². The number of nitrogens with one attached hydrogen (secondary N) is 2. The Balaban J connectivity index is 1.64. The summed E-state index contributed by atoms with van der Waals surface area (Å²) in [5.41, 5.74) is 3.96. The highest BCUT2D eigenvalue weighted by molar-refractivity contribution is 7.80. The molecule has 1 aliphatic heterocycles. The molecule has 0 saturated carbocycles. The Morgan fingerprint density at radius 3 is 2.52 bits per heavy atom. The fourth-order valence-electron chi connectivity index (χ4n) is 3.72. The van der Waals surface area contributed by atoms with Gasteiger partial charge in [0.05, 0.1) is 19.3 Å². The minimum absolute atomic E-state index is 0.0162. The second-order valence-corrected chi connectivity index (χ2v) is 7.95. The maximum atomic E-state index is 12.0. The molecule has 1 amide bonds. The Hall–Kier alpha value is -2.80. The number of hydrogen-bond acceptors (Lipinski definition) is 4. The van der Waals surface area contributed by atoms with Gasteiger partial charge in [0.2, 0.25) is 5.91 Å². The predicted octanol–water partition coefficient (Wildman–Crippen LogP) is 4.97. The summed E-state index contributed by atoms with van der Waals surface area (Å²) in [6, 6.07) is 11.9. The number of thiocarbonyl (C=S) groups is 1. The Morgan fingerprint density at radius 2 is 1.87 bits per heavy atom. The molecule has 1 fully saturated rings. The molecule has 2 N–H and O–H groups in total. The normalized spacial score (nSPS) is 14.3. The monoisotopic (exact) mass is 441 g/mol. The van der Waals surface area contributed by atoms with Gasteiger partial charge in [-0.15, -0.1) is 0 Å². The molecule has 0 radical (unpaired) electrons. The van der Waals surface area contributed by atoms with E-state index in [1.54, 1.807) is 0 Å². The van der Waals surface area contributed by atoms with Crippen molar-refractivity contribution < 1.29 is 14.3 Å². The highest BCUT2D eigenvalue weighted by atomic mass is 32.1. The van der Waals surface area contributed by atoms with Crippen LogP contribution in [0.4, 0.5) is 11.4 Å². The van der Waals surface area contributed by atoms with Gasteiger partial charge in [-0.25, -0.2) is 0 Å². The van der Waals surface area contributed by atoms with Crippen molar-refractivity contribution in [1.29, 1.82) is 0 Å². The van der Waals surface area contributed by atoms with Crippen LogP contribution in [-0.4, -0.2) is 30.8 Å². The van der Waals surface area contributed by atoms with Crippen molar-refractivity contribution in [1.82, 2.24) is 5.32 Å². The van der Waals surface area contributed by atoms with Crippen LogP contribution in [0.2, 0.25) is 0 Å². The molecule has 0 unspecified atom stereocenters. The first-order chi connectivity index (χ1) is 14.9. The molecule has 0 spiro atoms. The topological polar surface area (TPSA) is 62.8 Å². The first-order valence-corrected chi connectivity index (χ1v) is 11.2. The smallest absolute Gasteiger partial charge is 0.227 e. The van der Waals surface area contributed by atoms with E-state index in [1.165, 1.54) is 0 Å². The van der Waals surface area contributed by atoms with E-state index < -0.39 is 0 Å². The Kier molecular flexibility index (Phi) is 7.74. The summed E-state index contributed by atoms with van der Waals surface area (Å²) in [5, 5.41) is 7.10. The average molecular weight is 442 g/mol. The number of hydrogen-bond donors (Lipinski definition) is 2. The first kappa shape index (κ1) is 22.9. The summed E-state index contributed by atoms with van der Waals surface area (Å²) in [6.45, 7) is 9.92. The molecule has 0 aromatic heterocycles. The van der Waals surface area contributed by atoms with Crippen LogP contribution in [0.25, 0.3) is 0 Å². The van der Waals surface area contributed by atoms with Gasteiger partial charge in [-0.3, -0.25) is 4.79 Å². The van der Waals surface area contributed by atoms with Gasteiger partial charge in [-0.1, -0.05) is 6.07 Å². The second-order valence-electron chi connectivity index (χ2n) is 7.54. The molecular weight excluding hydrogens is 410 g/mol. The summed E-state index contributed by atoms with van der Waals surface area (Å²) >= 11 is 5.52. The molecule has 2 aromatic carbocycles. The summed E-state index contributed by atoms with van der Waals surface area (Å²) in [6.07, 6.45) is 1.54. The lowest BCUT2D eigenvalue weighted by atomic mass is 10.1. The molecule has 31 heavy (non-hydrogen) atoms. The number of ether oxygens (including phenoxy) is 2. The van der Waals surface area contributed by atoms with E-state index in [0.29, 0.717) is 24.7 Å². The molecule has 0 aliphatic carbocycles. The number of rotatable bonds is 8. The Labute approximate surface area is 189 Å². The molecule has 166 valence electrons. The van der Waals surface area contributed by atoms with Crippen molar-refractivity contribution in [2.75, 3.05) is 30.0 Å². The highest BCUT2D eigenvalue weighted by Gasteiger charge is 2.23. The number of aryl methyl sites for hydroxylation is 1. The minimum atomic E-state index is -0.0162. The van der Waals surface area contributed by atoms with Crippen molar-refractivity contribution in [2.45, 2.75) is 46.6 Å². The number of benzene rings is 2. The minimum Gasteiger partial charge on any atom is -0.490 e. The standard InChI is InChI=1S/C24H31N3O3S/c1-5-29-21-12-9-18(15-22(21)30-6-2)17(4)25-24(31)26-19-10-11-20(16(3)14-19)27-13-7-8-23(27)28/h9-12,14-15,17H,5-8,13H2,1-4H3,(H2,25,26,31)/t17-/m0/s1. The van der Waals surface area contributed by atoms with Crippen LogP contribution in [-0.2, 0) is 4.79 Å². The average Bonchev–Trinajstić information content (AvgIpc) is 3.15. The third kappa shape index (κ3) is 5.67. The van der Waals surface area contributed by atoms with Crippen molar-refractivity contribution in [3.63, 3.8) is 0 Å². The van der Waals surface area contributed by atoms with E-state index >= 15 is 0 Å². The molecule has 1 saturated heterocycles. The molecule has 7 heteroatoms. The lowest BCUT2D eigenvalue weighted by Crippen LogP contribution is -2.31. The number of anilines is 2. The predicted molar refractivity (Wildman–Crippen MR) is 129 cm³/mol. The van der Waals surface area contributed by atoms with Gasteiger partial charge in [-0.05, 0) is 87.8 Å². The van der Waals surface area contributed by atoms with E-state index in [0.717, 1.165) is 47.0 Å². The second kappa shape index (κ2) is 10.5. The lowest BCUT2D eigenvalue weighted by molar-refractivity contribution is -0.117. The summed E-state index contributed by atoms with van der Waals surface area (Å²) < 4.78 is 11.4. The van der Waals surface area contributed by atoms with Crippen LogP contribution in [0, 0.1) is 6.92 Å². The van der Waals surface area contributed by atoms with Crippen LogP contribution in [0.1, 0.15) is 50.8 Å². The lowest BCUT2D eigenvalue weighted by Gasteiger charge is -2.21. The highest BCUT2D eigenvalue weighted by Crippen LogP contribution is 2.31. The van der Waals surface area contributed by atoms with Gasteiger partial charge in [0.1, 0.15) is 0 Å². The van der Waals surface area contributed by atoms with Crippen molar-refractivity contribution >= 4 is 34.6 Å². The quantitative estimate of drug-likeness (QED) is 0.564. The fraction of sp³-hybridized carbons (Fsp3) is 0.417. The maximum Gasteiger partial charge on any atom is 0.227 e. The van der Waals surface area contributed by atoms with Gasteiger partial charge >= 0.3 is 0 Å². The van der Waals surface area contributed by atoms with Crippen molar-refractivity contribution in [2.24, 2.45) is 0 Å². The van der Waals surface area contributed by atoms with Gasteiger partial charge in [0.15, 0.2) is 16.6 Å². The first-order valence-electron chi connectivity index (χ1n) is 10.8. The van der Waals surface area contributed by atoms with Gasteiger partial charge in [0.25, 0.3) is 0 Å². The molecular formula is C24H31N3O3S. The van der Waals surface area contributed by atoms with Crippen molar-refractivity contribution in [3.05, 3.63) is 47.5 Å². The van der Waals surface area contributed by atoms with Crippen molar-refractivity contribution in [3.8, 4) is 11.5 Å². The molecule has 3 rings (SSSR count). The number of amides is 1. The SMILES string of the molecule is CCOc1ccc([C@H](C)NC(=S)Nc2ccc(N3CCCC3=O)c(C)c2)cc1OCC. The van der Waals surface area contributed by atoms with Crippen LogP contribution in [0.15, 0.2) is 36.4 Å².